The molecule has 2 rings (SSSR count). The highest BCUT2D eigenvalue weighted by Gasteiger charge is 2.50. The van der Waals surface area contributed by atoms with Gasteiger partial charge in [0.15, 0.2) is 0 Å². The molecule has 0 amide bonds. The summed E-state index contributed by atoms with van der Waals surface area (Å²) < 4.78 is 44.1. The van der Waals surface area contributed by atoms with Crippen LogP contribution in [0.3, 0.4) is 0 Å². The predicted molar refractivity (Wildman–Crippen MR) is 74.6 cm³/mol. The third-order valence-corrected chi connectivity index (χ3v) is 4.38. The van der Waals surface area contributed by atoms with Crippen LogP contribution in [0.1, 0.15) is 30.3 Å². The lowest BCUT2D eigenvalue weighted by atomic mass is 9.88. The Labute approximate surface area is 123 Å². The molecule has 0 fully saturated rings. The summed E-state index contributed by atoms with van der Waals surface area (Å²) >= 11 is 1.33. The van der Waals surface area contributed by atoms with Crippen molar-refractivity contribution in [2.24, 2.45) is 0 Å². The number of thiazole rings is 1. The topological polar surface area (TPSA) is 43.1 Å². The Morgan fingerprint density at radius 1 is 1.19 bits per heavy atom. The molecule has 114 valence electrons. The maximum Gasteiger partial charge on any atom is 0.400 e. The van der Waals surface area contributed by atoms with Gasteiger partial charge in [-0.1, -0.05) is 0 Å². The molecule has 2 aromatic rings. The monoisotopic (exact) mass is 317 g/mol. The molecular weight excluding hydrogens is 303 g/mol. The van der Waals surface area contributed by atoms with Gasteiger partial charge in [0.2, 0.25) is 0 Å². The van der Waals surface area contributed by atoms with E-state index in [0.717, 1.165) is 18.9 Å². The molecule has 0 atom stereocenters. The molecule has 0 saturated carbocycles. The molecular formula is C14H14F3NO2S. The van der Waals surface area contributed by atoms with Crippen molar-refractivity contribution in [2.45, 2.75) is 39.3 Å². The fourth-order valence-corrected chi connectivity index (χ4v) is 2.76. The molecule has 7 heteroatoms. The summed E-state index contributed by atoms with van der Waals surface area (Å²) in [7, 11) is 0. The third-order valence-electron chi connectivity index (χ3n) is 3.26. The maximum absolute atomic E-state index is 13.1. The van der Waals surface area contributed by atoms with E-state index in [9.17, 15) is 18.0 Å². The predicted octanol–water partition coefficient (Wildman–Crippen LogP) is 4.22. The minimum Gasteiger partial charge on any atom is -0.427 e. The van der Waals surface area contributed by atoms with E-state index in [1.807, 2.05) is 0 Å². The molecule has 3 nitrogen and oxygen atoms in total. The number of aryl methyl sites for hydroxylation is 2. The van der Waals surface area contributed by atoms with Gasteiger partial charge in [-0.3, -0.25) is 0 Å². The highest BCUT2D eigenvalue weighted by Crippen LogP contribution is 2.41. The SMILES string of the molecule is Cc1nc(C)c(-c2cc(C(C)(C)C(F)(F)F)oc(=O)c2)s1. The van der Waals surface area contributed by atoms with Crippen LogP contribution in [0.4, 0.5) is 13.2 Å². The van der Waals surface area contributed by atoms with Crippen LogP contribution in [-0.4, -0.2) is 11.2 Å². The Morgan fingerprint density at radius 2 is 1.81 bits per heavy atom. The highest BCUT2D eigenvalue weighted by molar-refractivity contribution is 7.15. The largest absolute Gasteiger partial charge is 0.427 e. The third kappa shape index (κ3) is 2.88. The Morgan fingerprint density at radius 3 is 2.29 bits per heavy atom. The van der Waals surface area contributed by atoms with Crippen LogP contribution in [-0.2, 0) is 5.41 Å². The number of alkyl halides is 3. The van der Waals surface area contributed by atoms with Gasteiger partial charge >= 0.3 is 11.8 Å². The van der Waals surface area contributed by atoms with Crippen LogP contribution in [0, 0.1) is 13.8 Å². The Balaban J connectivity index is 2.63. The molecule has 0 radical (unpaired) electrons. The minimum absolute atomic E-state index is 0.400. The second kappa shape index (κ2) is 4.98. The van der Waals surface area contributed by atoms with Crippen LogP contribution in [0.25, 0.3) is 10.4 Å². The first-order valence-electron chi connectivity index (χ1n) is 6.19. The molecule has 0 N–H and O–H groups in total. The van der Waals surface area contributed by atoms with E-state index in [4.69, 9.17) is 4.42 Å². The van der Waals surface area contributed by atoms with Crippen molar-refractivity contribution >= 4 is 11.3 Å². The first kappa shape index (κ1) is 15.8. The molecule has 2 aromatic heterocycles. The molecule has 21 heavy (non-hydrogen) atoms. The molecule has 0 unspecified atom stereocenters. The van der Waals surface area contributed by atoms with Crippen LogP contribution in [0.15, 0.2) is 21.3 Å². The van der Waals surface area contributed by atoms with Gasteiger partial charge in [0.25, 0.3) is 0 Å². The molecule has 0 aliphatic heterocycles. The average Bonchev–Trinajstić information content (AvgIpc) is 2.66. The van der Waals surface area contributed by atoms with Crippen molar-refractivity contribution in [1.29, 1.82) is 0 Å². The first-order chi connectivity index (χ1) is 9.52. The van der Waals surface area contributed by atoms with Crippen LogP contribution < -0.4 is 5.63 Å². The van der Waals surface area contributed by atoms with E-state index < -0.39 is 23.0 Å². The number of halogens is 3. The summed E-state index contributed by atoms with van der Waals surface area (Å²) in [5.74, 6) is -0.400. The lowest BCUT2D eigenvalue weighted by Crippen LogP contribution is -2.37. The number of aromatic nitrogens is 1. The van der Waals surface area contributed by atoms with Crippen molar-refractivity contribution in [1.82, 2.24) is 4.98 Å². The van der Waals surface area contributed by atoms with E-state index in [-0.39, 0.29) is 0 Å². The highest BCUT2D eigenvalue weighted by atomic mass is 32.1. The minimum atomic E-state index is -4.51. The quantitative estimate of drug-likeness (QED) is 0.833. The number of hydrogen-bond donors (Lipinski definition) is 0. The van der Waals surface area contributed by atoms with Crippen molar-refractivity contribution in [2.75, 3.05) is 0 Å². The summed E-state index contributed by atoms with van der Waals surface area (Å²) in [5.41, 5.74) is -1.96. The van der Waals surface area contributed by atoms with Gasteiger partial charge in [-0.05, 0) is 33.8 Å². The molecule has 0 spiro atoms. The zero-order valence-corrected chi connectivity index (χ0v) is 12.8. The number of hydrogen-bond acceptors (Lipinski definition) is 4. The van der Waals surface area contributed by atoms with Gasteiger partial charge < -0.3 is 4.42 Å². The average molecular weight is 317 g/mol. The fraction of sp³-hybridized carbons (Fsp3) is 0.429. The summed E-state index contributed by atoms with van der Waals surface area (Å²) in [4.78, 5) is 16.5. The summed E-state index contributed by atoms with van der Waals surface area (Å²) in [6.07, 6.45) is -4.51. The molecule has 0 aliphatic rings. The number of nitrogens with zero attached hydrogens (tertiary/aromatic N) is 1. The first-order valence-corrected chi connectivity index (χ1v) is 7.01. The van der Waals surface area contributed by atoms with E-state index in [1.54, 1.807) is 13.8 Å². The lowest BCUT2D eigenvalue weighted by Gasteiger charge is -2.26. The van der Waals surface area contributed by atoms with Crippen LogP contribution in [0.2, 0.25) is 0 Å². The van der Waals surface area contributed by atoms with Gasteiger partial charge in [-0.2, -0.15) is 13.2 Å². The maximum atomic E-state index is 13.1. The smallest absolute Gasteiger partial charge is 0.400 e. The normalized spacial score (nSPS) is 12.7. The second-order valence-corrected chi connectivity index (χ2v) is 6.50. The van der Waals surface area contributed by atoms with Gasteiger partial charge in [0.05, 0.1) is 15.6 Å². The van der Waals surface area contributed by atoms with Crippen LogP contribution in [0.5, 0.6) is 0 Å². The Bertz CT molecular complexity index is 729. The molecule has 0 bridgehead atoms. The van der Waals surface area contributed by atoms with Crippen LogP contribution >= 0.6 is 11.3 Å². The zero-order chi connectivity index (χ0) is 16.0. The summed E-state index contributed by atoms with van der Waals surface area (Å²) in [6.45, 7) is 5.52. The van der Waals surface area contributed by atoms with E-state index in [2.05, 4.69) is 4.98 Å². The standard InChI is InChI=1S/C14H14F3NO2S/c1-7-12(21-8(2)18-7)9-5-10(20-11(19)6-9)13(3,4)14(15,16)17/h5-6H,1-4H3. The summed E-state index contributed by atoms with van der Waals surface area (Å²) in [5, 5.41) is 0.785. The van der Waals surface area contributed by atoms with E-state index in [0.29, 0.717) is 16.1 Å². The molecule has 0 saturated heterocycles. The van der Waals surface area contributed by atoms with Gasteiger partial charge in [0.1, 0.15) is 11.2 Å². The van der Waals surface area contributed by atoms with Crippen molar-refractivity contribution < 1.29 is 17.6 Å². The lowest BCUT2D eigenvalue weighted by molar-refractivity contribution is -0.185. The zero-order valence-electron chi connectivity index (χ0n) is 12.0. The van der Waals surface area contributed by atoms with Crippen molar-refractivity contribution in [3.63, 3.8) is 0 Å². The van der Waals surface area contributed by atoms with E-state index >= 15 is 0 Å². The molecule has 0 aromatic carbocycles. The van der Waals surface area contributed by atoms with Gasteiger partial charge in [0, 0.05) is 11.6 Å². The van der Waals surface area contributed by atoms with Crippen molar-refractivity contribution in [3.8, 4) is 10.4 Å². The van der Waals surface area contributed by atoms with Gasteiger partial charge in [-0.15, -0.1) is 11.3 Å². The number of rotatable bonds is 2. The van der Waals surface area contributed by atoms with E-state index in [1.165, 1.54) is 23.5 Å². The fourth-order valence-electron chi connectivity index (χ4n) is 1.86. The summed E-state index contributed by atoms with van der Waals surface area (Å²) in [6, 6.07) is 2.46. The Kier molecular flexibility index (Phi) is 3.73. The second-order valence-electron chi connectivity index (χ2n) is 5.30. The molecule has 0 aliphatic carbocycles. The van der Waals surface area contributed by atoms with Gasteiger partial charge in [-0.25, -0.2) is 9.78 Å². The molecule has 2 heterocycles. The van der Waals surface area contributed by atoms with Crippen molar-refractivity contribution in [3.05, 3.63) is 39.0 Å². The Hall–Kier alpha value is -1.63.